The van der Waals surface area contributed by atoms with Gasteiger partial charge in [0.25, 0.3) is 5.56 Å². The second-order valence-corrected chi connectivity index (χ2v) is 9.26. The Labute approximate surface area is 208 Å². The van der Waals surface area contributed by atoms with Crippen LogP contribution in [0.2, 0.25) is 0 Å². The van der Waals surface area contributed by atoms with Crippen LogP contribution in [0.5, 0.6) is 11.6 Å². The summed E-state index contributed by atoms with van der Waals surface area (Å²) in [6.07, 6.45) is 3.03. The van der Waals surface area contributed by atoms with Crippen molar-refractivity contribution < 1.29 is 13.5 Å². The quantitative estimate of drug-likeness (QED) is 0.348. The van der Waals surface area contributed by atoms with Crippen LogP contribution in [0, 0.1) is 18.7 Å². The second kappa shape index (κ2) is 10.5. The van der Waals surface area contributed by atoms with Crippen LogP contribution in [0.15, 0.2) is 65.6 Å². The van der Waals surface area contributed by atoms with Crippen molar-refractivity contribution in [2.75, 3.05) is 26.3 Å². The van der Waals surface area contributed by atoms with Gasteiger partial charge in [0, 0.05) is 31.3 Å². The van der Waals surface area contributed by atoms with Crippen LogP contribution in [0.1, 0.15) is 18.4 Å². The third-order valence-electron chi connectivity index (χ3n) is 6.68. The first-order valence-corrected chi connectivity index (χ1v) is 12.2. The SMILES string of the molecule is Cc1ccccc1-c1nc2ccc(Oc3ccc(F)cn3)cc2c(=O)n1CC1CCCN(CCF)C1. The van der Waals surface area contributed by atoms with Crippen molar-refractivity contribution in [2.24, 2.45) is 5.92 Å². The highest BCUT2D eigenvalue weighted by atomic mass is 19.1. The summed E-state index contributed by atoms with van der Waals surface area (Å²) in [4.78, 5) is 24.9. The number of piperidine rings is 1. The van der Waals surface area contributed by atoms with E-state index in [-0.39, 0.29) is 24.0 Å². The Morgan fingerprint density at radius 3 is 2.78 bits per heavy atom. The van der Waals surface area contributed by atoms with Gasteiger partial charge in [0.05, 0.1) is 17.1 Å². The zero-order chi connectivity index (χ0) is 25.1. The topological polar surface area (TPSA) is 60.3 Å². The summed E-state index contributed by atoms with van der Waals surface area (Å²) in [5.41, 5.74) is 2.35. The third-order valence-corrected chi connectivity index (χ3v) is 6.68. The van der Waals surface area contributed by atoms with Crippen molar-refractivity contribution in [1.29, 1.82) is 0 Å². The van der Waals surface area contributed by atoms with Gasteiger partial charge in [-0.05, 0) is 62.1 Å². The van der Waals surface area contributed by atoms with Gasteiger partial charge in [-0.1, -0.05) is 24.3 Å². The number of ether oxygens (including phenoxy) is 1. The van der Waals surface area contributed by atoms with Gasteiger partial charge in [0.15, 0.2) is 0 Å². The normalized spacial score (nSPS) is 16.4. The summed E-state index contributed by atoms with van der Waals surface area (Å²) in [5.74, 6) is 1.04. The fraction of sp³-hybridized carbons (Fsp3) is 0.321. The molecule has 186 valence electrons. The Balaban J connectivity index is 1.57. The molecule has 8 heteroatoms. The van der Waals surface area contributed by atoms with E-state index in [9.17, 15) is 13.6 Å². The number of hydrogen-bond donors (Lipinski definition) is 0. The fourth-order valence-electron chi connectivity index (χ4n) is 4.89. The van der Waals surface area contributed by atoms with Crippen LogP contribution in [-0.2, 0) is 6.54 Å². The molecule has 1 atom stereocenters. The van der Waals surface area contributed by atoms with Crippen molar-refractivity contribution in [1.82, 2.24) is 19.4 Å². The number of pyridine rings is 1. The van der Waals surface area contributed by atoms with E-state index in [1.54, 1.807) is 22.8 Å². The molecule has 0 saturated carbocycles. The molecular weight excluding hydrogens is 462 g/mol. The zero-order valence-corrected chi connectivity index (χ0v) is 20.2. The van der Waals surface area contributed by atoms with E-state index in [1.807, 2.05) is 31.2 Å². The summed E-state index contributed by atoms with van der Waals surface area (Å²) < 4.78 is 33.7. The molecule has 0 aliphatic carbocycles. The highest BCUT2D eigenvalue weighted by Gasteiger charge is 2.23. The first kappa shape index (κ1) is 24.1. The molecule has 36 heavy (non-hydrogen) atoms. The monoisotopic (exact) mass is 490 g/mol. The summed E-state index contributed by atoms with van der Waals surface area (Å²) in [5, 5.41) is 0.434. The number of halogens is 2. The van der Waals surface area contributed by atoms with Crippen molar-refractivity contribution in [3.63, 3.8) is 0 Å². The Morgan fingerprint density at radius 1 is 1.14 bits per heavy atom. The lowest BCUT2D eigenvalue weighted by molar-refractivity contribution is 0.152. The van der Waals surface area contributed by atoms with Gasteiger partial charge in [-0.15, -0.1) is 0 Å². The molecule has 0 radical (unpaired) electrons. The predicted octanol–water partition coefficient (Wildman–Crippen LogP) is 5.38. The summed E-state index contributed by atoms with van der Waals surface area (Å²) in [6, 6.07) is 15.7. The number of aryl methyl sites for hydroxylation is 1. The zero-order valence-electron chi connectivity index (χ0n) is 20.2. The van der Waals surface area contributed by atoms with E-state index in [4.69, 9.17) is 9.72 Å². The molecule has 4 aromatic rings. The summed E-state index contributed by atoms with van der Waals surface area (Å²) in [6.45, 7) is 4.19. The molecule has 6 nitrogen and oxygen atoms in total. The number of nitrogens with zero attached hydrogens (tertiary/aromatic N) is 4. The lowest BCUT2D eigenvalue weighted by atomic mass is 9.97. The maximum Gasteiger partial charge on any atom is 0.261 e. The van der Waals surface area contributed by atoms with Gasteiger partial charge < -0.3 is 9.64 Å². The second-order valence-electron chi connectivity index (χ2n) is 9.26. The third kappa shape index (κ3) is 5.14. The van der Waals surface area contributed by atoms with Crippen molar-refractivity contribution >= 4 is 10.9 Å². The molecule has 1 saturated heterocycles. The maximum absolute atomic E-state index is 13.9. The van der Waals surface area contributed by atoms with Crippen LogP contribution in [0.4, 0.5) is 8.78 Å². The van der Waals surface area contributed by atoms with Gasteiger partial charge in [0.1, 0.15) is 24.1 Å². The first-order chi connectivity index (χ1) is 17.5. The Morgan fingerprint density at radius 2 is 2.00 bits per heavy atom. The Bertz CT molecular complexity index is 1420. The van der Waals surface area contributed by atoms with Gasteiger partial charge in [0.2, 0.25) is 5.88 Å². The van der Waals surface area contributed by atoms with Gasteiger partial charge in [-0.2, -0.15) is 0 Å². The molecule has 1 unspecified atom stereocenters. The average Bonchev–Trinajstić information content (AvgIpc) is 2.88. The predicted molar refractivity (Wildman–Crippen MR) is 136 cm³/mol. The average molecular weight is 491 g/mol. The van der Waals surface area contributed by atoms with E-state index in [0.717, 1.165) is 43.3 Å². The molecule has 0 bridgehead atoms. The van der Waals surface area contributed by atoms with Crippen LogP contribution >= 0.6 is 0 Å². The van der Waals surface area contributed by atoms with Crippen molar-refractivity contribution in [2.45, 2.75) is 26.3 Å². The largest absolute Gasteiger partial charge is 0.439 e. The smallest absolute Gasteiger partial charge is 0.261 e. The van der Waals surface area contributed by atoms with Crippen LogP contribution in [0.25, 0.3) is 22.3 Å². The Kier molecular flexibility index (Phi) is 7.04. The minimum absolute atomic E-state index is 0.154. The van der Waals surface area contributed by atoms with Crippen molar-refractivity contribution in [3.8, 4) is 23.0 Å². The molecule has 0 N–H and O–H groups in total. The molecule has 1 aliphatic heterocycles. The van der Waals surface area contributed by atoms with Crippen LogP contribution < -0.4 is 10.3 Å². The molecule has 1 fully saturated rings. The number of fused-ring (bicyclic) bond motifs is 1. The minimum Gasteiger partial charge on any atom is -0.439 e. The van der Waals surface area contributed by atoms with Gasteiger partial charge in [-0.3, -0.25) is 9.36 Å². The molecule has 3 heterocycles. The van der Waals surface area contributed by atoms with E-state index in [2.05, 4.69) is 9.88 Å². The van der Waals surface area contributed by atoms with Crippen LogP contribution in [0.3, 0.4) is 0 Å². The van der Waals surface area contributed by atoms with Gasteiger partial charge >= 0.3 is 0 Å². The number of alkyl halides is 1. The molecular formula is C28H28F2N4O2. The van der Waals surface area contributed by atoms with E-state index >= 15 is 0 Å². The lowest BCUT2D eigenvalue weighted by Crippen LogP contribution is -2.39. The Hall–Kier alpha value is -3.65. The van der Waals surface area contributed by atoms with E-state index in [0.29, 0.717) is 35.6 Å². The summed E-state index contributed by atoms with van der Waals surface area (Å²) in [7, 11) is 0. The number of rotatable bonds is 7. The molecule has 0 amide bonds. The fourth-order valence-corrected chi connectivity index (χ4v) is 4.89. The van der Waals surface area contributed by atoms with Gasteiger partial charge in [-0.25, -0.2) is 18.7 Å². The number of benzene rings is 2. The standard InChI is InChI=1S/C28H28F2N4O2/c1-19-5-2-3-7-23(19)27-32-25-10-9-22(36-26-11-8-21(30)16-31-26)15-24(25)28(35)34(27)18-20-6-4-13-33(17-20)14-12-29/h2-3,5,7-11,15-16,20H,4,6,12-14,17-18H2,1H3. The molecule has 0 spiro atoms. The highest BCUT2D eigenvalue weighted by molar-refractivity contribution is 5.81. The van der Waals surface area contributed by atoms with E-state index < -0.39 is 5.82 Å². The number of likely N-dealkylation sites (tertiary alicyclic amines) is 1. The minimum atomic E-state index is -0.454. The van der Waals surface area contributed by atoms with E-state index in [1.165, 1.54) is 12.1 Å². The molecule has 2 aromatic carbocycles. The molecule has 1 aliphatic rings. The first-order valence-electron chi connectivity index (χ1n) is 12.2. The highest BCUT2D eigenvalue weighted by Crippen LogP contribution is 2.28. The summed E-state index contributed by atoms with van der Waals surface area (Å²) >= 11 is 0. The number of aromatic nitrogens is 3. The molecule has 2 aromatic heterocycles. The lowest BCUT2D eigenvalue weighted by Gasteiger charge is -2.32. The maximum atomic E-state index is 13.9. The van der Waals surface area contributed by atoms with Crippen molar-refractivity contribution in [3.05, 3.63) is 82.5 Å². The van der Waals surface area contributed by atoms with Crippen LogP contribution in [-0.4, -0.2) is 45.7 Å². The number of hydrogen-bond acceptors (Lipinski definition) is 5. The molecule has 5 rings (SSSR count).